The van der Waals surface area contributed by atoms with Gasteiger partial charge >= 0.3 is 0 Å². The molecule has 0 fully saturated rings. The summed E-state index contributed by atoms with van der Waals surface area (Å²) in [6.07, 6.45) is 0.0611. The van der Waals surface area contributed by atoms with Crippen LogP contribution >= 0.6 is 11.6 Å². The Balaban J connectivity index is 1.70. The Morgan fingerprint density at radius 1 is 1.31 bits per heavy atom. The minimum atomic E-state index is -0.808. The van der Waals surface area contributed by atoms with Crippen LogP contribution in [0.4, 0.5) is 4.39 Å². The molecular weight excluding hydrogens is 431 g/mol. The standard InChI is InChI=1S/C24H20ClFN4O2/c1-13(31)29-6-5-21-19(12-29)23(15-4-2-3-14(7-15)11-27)28-30(21)24-18-8-16(26)9-20(25)17(18)10-22(24)32/h2-4,7-9,22,24,32H,5-6,10,12H2,1H3/t22-,24+/m0/s1. The largest absolute Gasteiger partial charge is 0.390 e. The molecule has 6 nitrogen and oxygen atoms in total. The third-order valence-electron chi connectivity index (χ3n) is 6.35. The second kappa shape index (κ2) is 7.73. The van der Waals surface area contributed by atoms with Gasteiger partial charge in [0.1, 0.15) is 11.9 Å². The summed E-state index contributed by atoms with van der Waals surface area (Å²) in [4.78, 5) is 13.8. The van der Waals surface area contributed by atoms with E-state index in [1.165, 1.54) is 19.1 Å². The monoisotopic (exact) mass is 450 g/mol. The maximum atomic E-state index is 14.2. The summed E-state index contributed by atoms with van der Waals surface area (Å²) >= 11 is 6.27. The first kappa shape index (κ1) is 20.7. The average Bonchev–Trinajstić information content (AvgIpc) is 3.30. The summed E-state index contributed by atoms with van der Waals surface area (Å²) in [6, 6.07) is 11.4. The molecule has 2 aliphatic rings. The van der Waals surface area contributed by atoms with Gasteiger partial charge < -0.3 is 10.0 Å². The van der Waals surface area contributed by atoms with Crippen LogP contribution in [-0.2, 0) is 24.2 Å². The zero-order valence-electron chi connectivity index (χ0n) is 17.3. The van der Waals surface area contributed by atoms with Gasteiger partial charge in [-0.15, -0.1) is 0 Å². The van der Waals surface area contributed by atoms with Crippen molar-refractivity contribution in [3.8, 4) is 17.3 Å². The molecular formula is C24H20ClFN4O2. The van der Waals surface area contributed by atoms with Gasteiger partial charge in [-0.1, -0.05) is 23.7 Å². The molecule has 162 valence electrons. The van der Waals surface area contributed by atoms with Crippen molar-refractivity contribution in [2.45, 2.75) is 38.5 Å². The third-order valence-corrected chi connectivity index (χ3v) is 6.69. The molecule has 0 unspecified atom stereocenters. The van der Waals surface area contributed by atoms with Crippen LogP contribution in [0.5, 0.6) is 0 Å². The highest BCUT2D eigenvalue weighted by Crippen LogP contribution is 2.42. The van der Waals surface area contributed by atoms with Crippen LogP contribution in [0, 0.1) is 17.1 Å². The van der Waals surface area contributed by atoms with E-state index in [-0.39, 0.29) is 5.91 Å². The number of nitriles is 1. The predicted octanol–water partition coefficient (Wildman–Crippen LogP) is 3.63. The van der Waals surface area contributed by atoms with E-state index in [0.29, 0.717) is 47.8 Å². The lowest BCUT2D eigenvalue weighted by Gasteiger charge is -2.28. The summed E-state index contributed by atoms with van der Waals surface area (Å²) < 4.78 is 16.0. The van der Waals surface area contributed by atoms with Gasteiger partial charge in [-0.2, -0.15) is 10.4 Å². The van der Waals surface area contributed by atoms with E-state index in [1.54, 1.807) is 27.8 Å². The maximum absolute atomic E-state index is 14.2. The first-order valence-corrected chi connectivity index (χ1v) is 10.8. The Labute approximate surface area is 189 Å². The lowest BCUT2D eigenvalue weighted by molar-refractivity contribution is -0.129. The number of aliphatic hydroxyl groups excluding tert-OH is 1. The van der Waals surface area contributed by atoms with Crippen LogP contribution < -0.4 is 0 Å². The normalized spacial score (nSPS) is 19.4. The summed E-state index contributed by atoms with van der Waals surface area (Å²) in [6.45, 7) is 2.45. The Hall–Kier alpha value is -3.21. The zero-order valence-corrected chi connectivity index (χ0v) is 18.1. The van der Waals surface area contributed by atoms with Crippen molar-refractivity contribution in [2.24, 2.45) is 0 Å². The molecule has 1 aliphatic heterocycles. The van der Waals surface area contributed by atoms with Gasteiger partial charge in [-0.25, -0.2) is 4.39 Å². The second-order valence-corrected chi connectivity index (χ2v) is 8.68. The van der Waals surface area contributed by atoms with Gasteiger partial charge in [0.2, 0.25) is 5.91 Å². The first-order valence-electron chi connectivity index (χ1n) is 10.4. The fourth-order valence-corrected chi connectivity index (χ4v) is 5.13. The highest BCUT2D eigenvalue weighted by atomic mass is 35.5. The molecule has 0 radical (unpaired) electrons. The van der Waals surface area contributed by atoms with Crippen molar-refractivity contribution in [3.63, 3.8) is 0 Å². The molecule has 1 aromatic heterocycles. The molecule has 1 N–H and O–H groups in total. The highest BCUT2D eigenvalue weighted by Gasteiger charge is 2.38. The lowest BCUT2D eigenvalue weighted by Crippen LogP contribution is -2.35. The number of carbonyl (C=O) groups is 1. The number of aromatic nitrogens is 2. The van der Waals surface area contributed by atoms with E-state index in [1.807, 2.05) is 6.07 Å². The highest BCUT2D eigenvalue weighted by molar-refractivity contribution is 6.31. The summed E-state index contributed by atoms with van der Waals surface area (Å²) in [7, 11) is 0. The number of nitrogens with zero attached hydrogens (tertiary/aromatic N) is 4. The Morgan fingerprint density at radius 2 is 2.12 bits per heavy atom. The van der Waals surface area contributed by atoms with Crippen molar-refractivity contribution in [1.29, 1.82) is 5.26 Å². The summed E-state index contributed by atoms with van der Waals surface area (Å²) in [5, 5.41) is 25.4. The van der Waals surface area contributed by atoms with Crippen LogP contribution in [-0.4, -0.2) is 38.3 Å². The lowest BCUT2D eigenvalue weighted by atomic mass is 9.99. The van der Waals surface area contributed by atoms with E-state index in [4.69, 9.17) is 16.7 Å². The van der Waals surface area contributed by atoms with Crippen LogP contribution in [0.3, 0.4) is 0 Å². The molecule has 2 aromatic carbocycles. The summed E-state index contributed by atoms with van der Waals surface area (Å²) in [5.74, 6) is -0.487. The van der Waals surface area contributed by atoms with E-state index < -0.39 is 18.0 Å². The molecule has 0 saturated heterocycles. The van der Waals surface area contributed by atoms with E-state index in [0.717, 1.165) is 22.4 Å². The number of fused-ring (bicyclic) bond motifs is 2. The van der Waals surface area contributed by atoms with Gasteiger partial charge in [-0.05, 0) is 35.4 Å². The molecule has 32 heavy (non-hydrogen) atoms. The molecule has 0 spiro atoms. The topological polar surface area (TPSA) is 82.2 Å². The zero-order chi connectivity index (χ0) is 22.6. The van der Waals surface area contributed by atoms with E-state index >= 15 is 0 Å². The van der Waals surface area contributed by atoms with Crippen molar-refractivity contribution < 1.29 is 14.3 Å². The molecule has 1 aliphatic carbocycles. The Morgan fingerprint density at radius 3 is 2.88 bits per heavy atom. The minimum absolute atomic E-state index is 0.0276. The summed E-state index contributed by atoms with van der Waals surface area (Å²) in [5.41, 5.74) is 5.05. The number of amides is 1. The molecule has 1 amide bonds. The third kappa shape index (κ3) is 3.27. The predicted molar refractivity (Wildman–Crippen MR) is 116 cm³/mol. The second-order valence-electron chi connectivity index (χ2n) is 8.27. The molecule has 3 aromatic rings. The number of hydrogen-bond acceptors (Lipinski definition) is 4. The molecule has 2 atom stereocenters. The fourth-order valence-electron chi connectivity index (χ4n) is 4.84. The van der Waals surface area contributed by atoms with Gasteiger partial charge in [0.25, 0.3) is 0 Å². The van der Waals surface area contributed by atoms with Crippen molar-refractivity contribution in [1.82, 2.24) is 14.7 Å². The van der Waals surface area contributed by atoms with Crippen LogP contribution in [0.15, 0.2) is 36.4 Å². The van der Waals surface area contributed by atoms with E-state index in [2.05, 4.69) is 6.07 Å². The van der Waals surface area contributed by atoms with Gasteiger partial charge in [0.05, 0.1) is 23.4 Å². The number of halogens is 2. The SMILES string of the molecule is CC(=O)N1CCc2c(c(-c3cccc(C#N)c3)nn2[C@@H]2c3cc(F)cc(Cl)c3C[C@@H]2O)C1. The number of hydrogen-bond donors (Lipinski definition) is 1. The smallest absolute Gasteiger partial charge is 0.219 e. The van der Waals surface area contributed by atoms with Crippen LogP contribution in [0.2, 0.25) is 5.02 Å². The fraction of sp³-hybridized carbons (Fsp3) is 0.292. The number of rotatable bonds is 2. The number of carbonyl (C=O) groups excluding carboxylic acids is 1. The van der Waals surface area contributed by atoms with Crippen molar-refractivity contribution in [3.05, 3.63) is 75.2 Å². The Kier molecular flexibility index (Phi) is 5.00. The molecule has 0 saturated carbocycles. The molecule has 5 rings (SSSR count). The van der Waals surface area contributed by atoms with Gasteiger partial charge in [-0.3, -0.25) is 9.48 Å². The molecule has 0 bridgehead atoms. The minimum Gasteiger partial charge on any atom is -0.390 e. The van der Waals surface area contributed by atoms with Crippen LogP contribution in [0.25, 0.3) is 11.3 Å². The molecule has 2 heterocycles. The number of aliphatic hydroxyl groups is 1. The van der Waals surface area contributed by atoms with Crippen molar-refractivity contribution in [2.75, 3.05) is 6.54 Å². The first-order chi connectivity index (χ1) is 15.4. The Bertz CT molecular complexity index is 1300. The van der Waals surface area contributed by atoms with Crippen LogP contribution in [0.1, 0.15) is 40.9 Å². The van der Waals surface area contributed by atoms with Crippen molar-refractivity contribution >= 4 is 17.5 Å². The maximum Gasteiger partial charge on any atom is 0.219 e. The molecule has 8 heteroatoms. The van der Waals surface area contributed by atoms with Gasteiger partial charge in [0.15, 0.2) is 0 Å². The van der Waals surface area contributed by atoms with E-state index in [9.17, 15) is 19.6 Å². The average molecular weight is 451 g/mol. The van der Waals surface area contributed by atoms with Gasteiger partial charge in [0, 0.05) is 54.7 Å². The number of benzene rings is 2. The quantitative estimate of drug-likeness (QED) is 0.646.